The van der Waals surface area contributed by atoms with Gasteiger partial charge in [-0.15, -0.1) is 0 Å². The van der Waals surface area contributed by atoms with E-state index in [1.165, 1.54) is 77.1 Å². The van der Waals surface area contributed by atoms with Crippen LogP contribution in [0.5, 0.6) is 0 Å². The maximum absolute atomic E-state index is 2.41. The van der Waals surface area contributed by atoms with Crippen LogP contribution in [0.3, 0.4) is 0 Å². The Morgan fingerprint density at radius 1 is 0.300 bits per heavy atom. The lowest BCUT2D eigenvalue weighted by Gasteiger charge is -2.28. The molecule has 0 saturated heterocycles. The lowest BCUT2D eigenvalue weighted by Crippen LogP contribution is -2.11. The molecule has 0 N–H and O–H groups in total. The van der Waals surface area contributed by atoms with Crippen molar-refractivity contribution in [2.75, 3.05) is 4.90 Å². The molecular weight excluding hydrogens is 725 g/mol. The van der Waals surface area contributed by atoms with Gasteiger partial charge in [-0.3, -0.25) is 0 Å². The third-order valence-corrected chi connectivity index (χ3v) is 11.8. The Kier molecular flexibility index (Phi) is 8.87. The highest BCUT2D eigenvalue weighted by molar-refractivity contribution is 6.09. The fourth-order valence-corrected chi connectivity index (χ4v) is 9.02. The van der Waals surface area contributed by atoms with Crippen LogP contribution < -0.4 is 4.90 Å². The van der Waals surface area contributed by atoms with Crippen LogP contribution in [0.25, 0.3) is 82.8 Å². The molecule has 0 fully saturated rings. The van der Waals surface area contributed by atoms with Crippen LogP contribution in [0.4, 0.5) is 17.1 Å². The Morgan fingerprint density at radius 2 is 0.783 bits per heavy atom. The minimum absolute atomic E-state index is 1.09. The minimum atomic E-state index is 1.09. The van der Waals surface area contributed by atoms with Gasteiger partial charge in [0.1, 0.15) is 0 Å². The van der Waals surface area contributed by atoms with Crippen molar-refractivity contribution in [1.29, 1.82) is 0 Å². The van der Waals surface area contributed by atoms with Gasteiger partial charge in [0.05, 0.1) is 16.7 Å². The lowest BCUT2D eigenvalue weighted by molar-refractivity contribution is 1.18. The molecule has 0 aliphatic heterocycles. The zero-order valence-electron chi connectivity index (χ0n) is 33.0. The first kappa shape index (κ1) is 35.2. The minimum Gasteiger partial charge on any atom is -0.310 e. The largest absolute Gasteiger partial charge is 0.310 e. The average Bonchev–Trinajstić information content (AvgIpc) is 3.67. The summed E-state index contributed by atoms with van der Waals surface area (Å²) in [6.07, 6.45) is 0. The Hall–Kier alpha value is -7.94. The first-order chi connectivity index (χ1) is 29.8. The molecule has 0 aliphatic rings. The van der Waals surface area contributed by atoms with E-state index in [1.54, 1.807) is 0 Å². The van der Waals surface area contributed by atoms with E-state index < -0.39 is 0 Å². The molecule has 11 aromatic rings. The van der Waals surface area contributed by atoms with Crippen molar-refractivity contribution in [2.24, 2.45) is 0 Å². The molecule has 282 valence electrons. The molecule has 0 unspecified atom stereocenters. The van der Waals surface area contributed by atoms with Crippen LogP contribution in [0.15, 0.2) is 243 Å². The number of fused-ring (bicyclic) bond motifs is 4. The van der Waals surface area contributed by atoms with Gasteiger partial charge in [-0.05, 0) is 104 Å². The Morgan fingerprint density at radius 3 is 1.43 bits per heavy atom. The van der Waals surface area contributed by atoms with E-state index in [2.05, 4.69) is 252 Å². The molecule has 1 aromatic heterocycles. The fourth-order valence-electron chi connectivity index (χ4n) is 9.02. The highest BCUT2D eigenvalue weighted by atomic mass is 15.1. The van der Waals surface area contributed by atoms with Crippen molar-refractivity contribution < 1.29 is 0 Å². The number of anilines is 3. The molecule has 2 nitrogen and oxygen atoms in total. The van der Waals surface area contributed by atoms with Crippen molar-refractivity contribution >= 4 is 49.6 Å². The predicted octanol–water partition coefficient (Wildman–Crippen LogP) is 16.1. The smallest absolute Gasteiger partial charge is 0.0541 e. The van der Waals surface area contributed by atoms with E-state index in [0.717, 1.165) is 22.7 Å². The van der Waals surface area contributed by atoms with Gasteiger partial charge < -0.3 is 9.47 Å². The van der Waals surface area contributed by atoms with Gasteiger partial charge in [0.25, 0.3) is 0 Å². The summed E-state index contributed by atoms with van der Waals surface area (Å²) in [7, 11) is 0. The molecule has 0 bridgehead atoms. The Bertz CT molecular complexity index is 3230. The predicted molar refractivity (Wildman–Crippen MR) is 255 cm³/mol. The lowest BCUT2D eigenvalue weighted by atomic mass is 9.91. The number of hydrogen-bond acceptors (Lipinski definition) is 1. The van der Waals surface area contributed by atoms with Gasteiger partial charge in [-0.2, -0.15) is 0 Å². The fraction of sp³-hybridized carbons (Fsp3) is 0. The molecule has 0 spiro atoms. The van der Waals surface area contributed by atoms with Gasteiger partial charge >= 0.3 is 0 Å². The van der Waals surface area contributed by atoms with E-state index in [0.29, 0.717) is 0 Å². The quantitative estimate of drug-likeness (QED) is 0.150. The SMILES string of the molecule is c1ccc(-c2ccccc2N(c2ccc(-c3ccc(-n4c5ccccc5c5ccccc54)cc3)cc2)c2cccc(-c3cccc4cccc(-c5ccccc5)c34)c2)cc1. The summed E-state index contributed by atoms with van der Waals surface area (Å²) in [6.45, 7) is 0. The third kappa shape index (κ3) is 6.23. The topological polar surface area (TPSA) is 8.17 Å². The van der Waals surface area contributed by atoms with Crippen LogP contribution in [-0.2, 0) is 0 Å². The van der Waals surface area contributed by atoms with E-state index in [4.69, 9.17) is 0 Å². The molecule has 1 heterocycles. The van der Waals surface area contributed by atoms with Crippen LogP contribution in [0.1, 0.15) is 0 Å². The molecule has 2 heteroatoms. The summed E-state index contributed by atoms with van der Waals surface area (Å²) in [6, 6.07) is 87.8. The van der Waals surface area contributed by atoms with Gasteiger partial charge in [0, 0.05) is 33.4 Å². The van der Waals surface area contributed by atoms with Crippen molar-refractivity contribution in [2.45, 2.75) is 0 Å². The molecule has 11 rings (SSSR count). The highest BCUT2D eigenvalue weighted by Crippen LogP contribution is 2.44. The maximum Gasteiger partial charge on any atom is 0.0541 e. The first-order valence-electron chi connectivity index (χ1n) is 20.6. The van der Waals surface area contributed by atoms with Crippen LogP contribution in [0.2, 0.25) is 0 Å². The molecule has 0 radical (unpaired) electrons. The molecule has 60 heavy (non-hydrogen) atoms. The zero-order chi connectivity index (χ0) is 39.8. The van der Waals surface area contributed by atoms with E-state index in [9.17, 15) is 0 Å². The summed E-state index contributed by atoms with van der Waals surface area (Å²) in [5, 5.41) is 5.02. The van der Waals surface area contributed by atoms with E-state index in [-0.39, 0.29) is 0 Å². The summed E-state index contributed by atoms with van der Waals surface area (Å²) in [5.74, 6) is 0. The molecular formula is C58H40N2. The number of rotatable bonds is 8. The maximum atomic E-state index is 2.41. The molecule has 10 aromatic carbocycles. The standard InChI is InChI=1S/C58H40N2/c1-3-16-43(17-4-1)50-24-7-10-29-55(50)59(49-23-13-22-46(40-49)52-28-15-21-45-20-14-27-51(58(45)52)44-18-5-2-6-19-44)47-36-32-41(33-37-47)42-34-38-48(39-35-42)60-56-30-11-8-25-53(56)54-26-9-12-31-57(54)60/h1-40H. The summed E-state index contributed by atoms with van der Waals surface area (Å²) in [4.78, 5) is 2.41. The monoisotopic (exact) mass is 764 g/mol. The summed E-state index contributed by atoms with van der Waals surface area (Å²) < 4.78 is 2.37. The van der Waals surface area contributed by atoms with Crippen molar-refractivity contribution in [3.63, 3.8) is 0 Å². The molecule has 0 amide bonds. The van der Waals surface area contributed by atoms with Crippen LogP contribution in [0, 0.1) is 0 Å². The van der Waals surface area contributed by atoms with Gasteiger partial charge in [-0.25, -0.2) is 0 Å². The Labute approximate surface area is 350 Å². The number of aromatic nitrogens is 1. The highest BCUT2D eigenvalue weighted by Gasteiger charge is 2.19. The van der Waals surface area contributed by atoms with Crippen molar-refractivity contribution in [1.82, 2.24) is 4.57 Å². The van der Waals surface area contributed by atoms with E-state index >= 15 is 0 Å². The third-order valence-electron chi connectivity index (χ3n) is 11.8. The van der Waals surface area contributed by atoms with Crippen molar-refractivity contribution in [3.8, 4) is 50.2 Å². The Balaban J connectivity index is 1.01. The summed E-state index contributed by atoms with van der Waals surface area (Å²) >= 11 is 0. The molecule has 0 atom stereocenters. The van der Waals surface area contributed by atoms with Crippen molar-refractivity contribution in [3.05, 3.63) is 243 Å². The van der Waals surface area contributed by atoms with Crippen LogP contribution in [-0.4, -0.2) is 4.57 Å². The van der Waals surface area contributed by atoms with Gasteiger partial charge in [-0.1, -0.05) is 188 Å². The first-order valence-corrected chi connectivity index (χ1v) is 20.6. The second-order valence-electron chi connectivity index (χ2n) is 15.3. The number of benzene rings is 10. The number of nitrogens with zero attached hydrogens (tertiary/aromatic N) is 2. The van der Waals surface area contributed by atoms with Crippen LogP contribution >= 0.6 is 0 Å². The molecule has 0 saturated carbocycles. The second kappa shape index (κ2) is 15.1. The second-order valence-corrected chi connectivity index (χ2v) is 15.3. The van der Waals surface area contributed by atoms with Gasteiger partial charge in [0.15, 0.2) is 0 Å². The molecule has 0 aliphatic carbocycles. The van der Waals surface area contributed by atoms with Gasteiger partial charge in [0.2, 0.25) is 0 Å². The normalized spacial score (nSPS) is 11.3. The zero-order valence-corrected chi connectivity index (χ0v) is 33.0. The average molecular weight is 765 g/mol. The van der Waals surface area contributed by atoms with E-state index in [1.807, 2.05) is 0 Å². The summed E-state index contributed by atoms with van der Waals surface area (Å²) in [5.41, 5.74) is 16.4. The number of hydrogen-bond donors (Lipinski definition) is 0. The number of para-hydroxylation sites is 3.